The maximum absolute atomic E-state index is 11.1. The van der Waals surface area contributed by atoms with E-state index in [9.17, 15) is 9.59 Å². The van der Waals surface area contributed by atoms with E-state index in [4.69, 9.17) is 5.11 Å². The standard InChI is InChI=1S/C13H11NO3/c1-8-3-2-4-9(5-8)11-7-14-12(15)6-10(11)13(16)17/h2-7H,1H3,(H,14,15)(H,16,17). The van der Waals surface area contributed by atoms with Gasteiger partial charge >= 0.3 is 5.97 Å². The quantitative estimate of drug-likeness (QED) is 0.827. The van der Waals surface area contributed by atoms with Crippen LogP contribution in [0.15, 0.2) is 41.3 Å². The van der Waals surface area contributed by atoms with Gasteiger partial charge in [0, 0.05) is 17.8 Å². The Labute approximate surface area is 97.6 Å². The number of aromatic amines is 1. The van der Waals surface area contributed by atoms with Crippen molar-refractivity contribution in [3.05, 3.63) is 58.0 Å². The van der Waals surface area contributed by atoms with Crippen LogP contribution in [0.5, 0.6) is 0 Å². The number of aromatic nitrogens is 1. The molecule has 0 saturated heterocycles. The molecule has 2 rings (SSSR count). The SMILES string of the molecule is Cc1cccc(-c2c[nH]c(=O)cc2C(=O)O)c1. The molecule has 0 aliphatic rings. The number of benzene rings is 1. The number of aromatic carboxylic acids is 1. The highest BCUT2D eigenvalue weighted by molar-refractivity contribution is 5.95. The largest absolute Gasteiger partial charge is 0.478 e. The maximum Gasteiger partial charge on any atom is 0.336 e. The molecule has 1 aromatic carbocycles. The summed E-state index contributed by atoms with van der Waals surface area (Å²) < 4.78 is 0. The lowest BCUT2D eigenvalue weighted by atomic mass is 10.0. The van der Waals surface area contributed by atoms with Gasteiger partial charge in [0.2, 0.25) is 5.56 Å². The first-order valence-electron chi connectivity index (χ1n) is 5.11. The topological polar surface area (TPSA) is 70.2 Å². The molecular weight excluding hydrogens is 218 g/mol. The number of carboxylic acids is 1. The smallest absolute Gasteiger partial charge is 0.336 e. The molecule has 2 N–H and O–H groups in total. The van der Waals surface area contributed by atoms with Crippen LogP contribution in [0.2, 0.25) is 0 Å². The Hall–Kier alpha value is -2.36. The minimum atomic E-state index is -1.10. The number of carboxylic acid groups (broad SMARTS) is 1. The minimum Gasteiger partial charge on any atom is -0.478 e. The average molecular weight is 229 g/mol. The normalized spacial score (nSPS) is 10.2. The molecule has 0 amide bonds. The highest BCUT2D eigenvalue weighted by Crippen LogP contribution is 2.22. The van der Waals surface area contributed by atoms with E-state index < -0.39 is 11.5 Å². The first kappa shape index (κ1) is 11.1. The summed E-state index contributed by atoms with van der Waals surface area (Å²) >= 11 is 0. The number of pyridine rings is 1. The number of aryl methyl sites for hydroxylation is 1. The molecule has 0 radical (unpaired) electrons. The molecule has 86 valence electrons. The van der Waals surface area contributed by atoms with E-state index in [-0.39, 0.29) is 5.56 Å². The molecule has 2 aromatic rings. The summed E-state index contributed by atoms with van der Waals surface area (Å²) in [5, 5.41) is 9.07. The molecule has 1 aromatic heterocycles. The number of carbonyl (C=O) groups is 1. The Morgan fingerprint density at radius 1 is 1.29 bits per heavy atom. The third kappa shape index (κ3) is 2.25. The molecule has 0 bridgehead atoms. The molecule has 0 fully saturated rings. The number of hydrogen-bond donors (Lipinski definition) is 2. The van der Waals surface area contributed by atoms with E-state index in [1.165, 1.54) is 6.20 Å². The fourth-order valence-corrected chi connectivity index (χ4v) is 1.70. The van der Waals surface area contributed by atoms with Gasteiger partial charge in [-0.15, -0.1) is 0 Å². The van der Waals surface area contributed by atoms with E-state index >= 15 is 0 Å². The zero-order valence-electron chi connectivity index (χ0n) is 9.23. The van der Waals surface area contributed by atoms with Crippen LogP contribution < -0.4 is 5.56 Å². The lowest BCUT2D eigenvalue weighted by molar-refractivity contribution is 0.0697. The van der Waals surface area contributed by atoms with Crippen LogP contribution in [0.1, 0.15) is 15.9 Å². The van der Waals surface area contributed by atoms with Crippen molar-refractivity contribution >= 4 is 5.97 Å². The first-order chi connectivity index (χ1) is 8.08. The summed E-state index contributed by atoms with van der Waals surface area (Å²) in [6.07, 6.45) is 1.43. The fourth-order valence-electron chi connectivity index (χ4n) is 1.70. The highest BCUT2D eigenvalue weighted by atomic mass is 16.4. The summed E-state index contributed by atoms with van der Waals surface area (Å²) in [6.45, 7) is 1.93. The molecule has 0 saturated carbocycles. The zero-order valence-corrected chi connectivity index (χ0v) is 9.23. The molecule has 17 heavy (non-hydrogen) atoms. The van der Waals surface area contributed by atoms with Gasteiger partial charge < -0.3 is 10.1 Å². The second kappa shape index (κ2) is 4.25. The van der Waals surface area contributed by atoms with Gasteiger partial charge in [-0.05, 0) is 12.5 Å². The van der Waals surface area contributed by atoms with Gasteiger partial charge in [-0.3, -0.25) is 4.79 Å². The van der Waals surface area contributed by atoms with Crippen LogP contribution in [0.4, 0.5) is 0 Å². The lowest BCUT2D eigenvalue weighted by Gasteiger charge is -2.06. The van der Waals surface area contributed by atoms with Gasteiger partial charge in [-0.25, -0.2) is 4.79 Å². The molecule has 1 heterocycles. The second-order valence-electron chi connectivity index (χ2n) is 3.80. The molecule has 0 spiro atoms. The fraction of sp³-hybridized carbons (Fsp3) is 0.0769. The van der Waals surface area contributed by atoms with Crippen molar-refractivity contribution in [3.63, 3.8) is 0 Å². The average Bonchev–Trinajstić information content (AvgIpc) is 2.28. The Kier molecular flexibility index (Phi) is 2.78. The number of H-pyrrole nitrogens is 1. The third-order valence-corrected chi connectivity index (χ3v) is 2.48. The van der Waals surface area contributed by atoms with Crippen LogP contribution in [0, 0.1) is 6.92 Å². The second-order valence-corrected chi connectivity index (χ2v) is 3.80. The van der Waals surface area contributed by atoms with Gasteiger partial charge in [-0.2, -0.15) is 0 Å². The van der Waals surface area contributed by atoms with Crippen molar-refractivity contribution in [2.75, 3.05) is 0 Å². The van der Waals surface area contributed by atoms with E-state index in [1.807, 2.05) is 31.2 Å². The predicted molar refractivity (Wildman–Crippen MR) is 64.2 cm³/mol. The summed E-state index contributed by atoms with van der Waals surface area (Å²) in [7, 11) is 0. The number of hydrogen-bond acceptors (Lipinski definition) is 2. The summed E-state index contributed by atoms with van der Waals surface area (Å²) in [5.74, 6) is -1.10. The Balaban J connectivity index is 2.67. The monoisotopic (exact) mass is 229 g/mol. The lowest BCUT2D eigenvalue weighted by Crippen LogP contribution is -2.10. The summed E-state index contributed by atoms with van der Waals surface area (Å²) in [6, 6.07) is 8.56. The van der Waals surface area contributed by atoms with Crippen molar-refractivity contribution in [2.45, 2.75) is 6.92 Å². The molecular formula is C13H11NO3. The predicted octanol–water partition coefficient (Wildman–Crippen LogP) is 2.05. The molecule has 4 heteroatoms. The van der Waals surface area contributed by atoms with E-state index in [2.05, 4.69) is 4.98 Å². The van der Waals surface area contributed by atoms with Crippen LogP contribution >= 0.6 is 0 Å². The van der Waals surface area contributed by atoms with E-state index in [0.29, 0.717) is 5.56 Å². The number of rotatable bonds is 2. The molecule has 0 atom stereocenters. The van der Waals surface area contributed by atoms with Crippen LogP contribution in [-0.2, 0) is 0 Å². The Bertz CT molecular complexity index is 629. The van der Waals surface area contributed by atoms with Gasteiger partial charge in [0.15, 0.2) is 0 Å². The minimum absolute atomic E-state index is 0.0133. The van der Waals surface area contributed by atoms with Crippen molar-refractivity contribution in [1.29, 1.82) is 0 Å². The van der Waals surface area contributed by atoms with Crippen molar-refractivity contribution < 1.29 is 9.90 Å². The molecule has 0 aliphatic carbocycles. The van der Waals surface area contributed by atoms with Crippen LogP contribution in [0.3, 0.4) is 0 Å². The Morgan fingerprint density at radius 2 is 2.06 bits per heavy atom. The van der Waals surface area contributed by atoms with Crippen LogP contribution in [0.25, 0.3) is 11.1 Å². The van der Waals surface area contributed by atoms with Gasteiger partial charge in [0.25, 0.3) is 0 Å². The molecule has 4 nitrogen and oxygen atoms in total. The van der Waals surface area contributed by atoms with Crippen molar-refractivity contribution in [3.8, 4) is 11.1 Å². The van der Waals surface area contributed by atoms with Gasteiger partial charge in [0.1, 0.15) is 0 Å². The van der Waals surface area contributed by atoms with Crippen molar-refractivity contribution in [2.24, 2.45) is 0 Å². The van der Waals surface area contributed by atoms with Crippen LogP contribution in [-0.4, -0.2) is 16.1 Å². The highest BCUT2D eigenvalue weighted by Gasteiger charge is 2.12. The van der Waals surface area contributed by atoms with Gasteiger partial charge in [-0.1, -0.05) is 29.8 Å². The number of nitrogens with one attached hydrogen (secondary N) is 1. The van der Waals surface area contributed by atoms with E-state index in [0.717, 1.165) is 17.2 Å². The molecule has 0 unspecified atom stereocenters. The maximum atomic E-state index is 11.1. The van der Waals surface area contributed by atoms with Crippen molar-refractivity contribution in [1.82, 2.24) is 4.98 Å². The van der Waals surface area contributed by atoms with E-state index in [1.54, 1.807) is 0 Å². The molecule has 0 aliphatic heterocycles. The Morgan fingerprint density at radius 3 is 2.71 bits per heavy atom. The van der Waals surface area contributed by atoms with Gasteiger partial charge in [0.05, 0.1) is 5.56 Å². The third-order valence-electron chi connectivity index (χ3n) is 2.48. The summed E-state index contributed by atoms with van der Waals surface area (Å²) in [5.41, 5.74) is 1.92. The summed E-state index contributed by atoms with van der Waals surface area (Å²) in [4.78, 5) is 24.7. The first-order valence-corrected chi connectivity index (χ1v) is 5.11. The zero-order chi connectivity index (χ0) is 12.4.